The lowest BCUT2D eigenvalue weighted by Crippen LogP contribution is -2.51. The first kappa shape index (κ1) is 14.0. The molecule has 2 aromatic rings. The molecule has 0 spiro atoms. The summed E-state index contributed by atoms with van der Waals surface area (Å²) in [5.74, 6) is 0.173. The van der Waals surface area contributed by atoms with Gasteiger partial charge in [0.2, 0.25) is 5.91 Å². The fourth-order valence-electron chi connectivity index (χ4n) is 3.16. The molecule has 0 saturated carbocycles. The monoisotopic (exact) mass is 283 g/mol. The number of nitrogens with two attached hydrogens (primary N) is 1. The third-order valence-electron chi connectivity index (χ3n) is 4.16. The highest BCUT2D eigenvalue weighted by Crippen LogP contribution is 2.32. The summed E-state index contributed by atoms with van der Waals surface area (Å²) >= 11 is 0. The first-order chi connectivity index (χ1) is 10.1. The van der Waals surface area contributed by atoms with Crippen molar-refractivity contribution in [2.75, 3.05) is 0 Å². The lowest BCUT2D eigenvalue weighted by atomic mass is 9.92. The zero-order chi connectivity index (χ0) is 15.0. The minimum atomic E-state index is -0.129. The first-order valence-corrected chi connectivity index (χ1v) is 7.50. The average molecular weight is 283 g/mol. The maximum Gasteiger partial charge on any atom is 0.223 e. The van der Waals surface area contributed by atoms with Crippen molar-refractivity contribution in [2.24, 2.45) is 5.73 Å². The topological polar surface area (TPSA) is 59.2 Å². The minimum absolute atomic E-state index is 0.0567. The van der Waals surface area contributed by atoms with Gasteiger partial charge in [0, 0.05) is 23.9 Å². The van der Waals surface area contributed by atoms with E-state index in [4.69, 9.17) is 10.7 Å². The molecule has 1 aromatic heterocycles. The summed E-state index contributed by atoms with van der Waals surface area (Å²) in [4.78, 5) is 18.9. The summed E-state index contributed by atoms with van der Waals surface area (Å²) in [6.07, 6.45) is 1.25. The molecule has 1 fully saturated rings. The molecule has 0 bridgehead atoms. The maximum atomic E-state index is 12.3. The number of nitrogens with zero attached hydrogens (tertiary/aromatic N) is 2. The van der Waals surface area contributed by atoms with E-state index in [9.17, 15) is 4.79 Å². The van der Waals surface area contributed by atoms with Gasteiger partial charge in [0.25, 0.3) is 0 Å². The molecule has 4 nitrogen and oxygen atoms in total. The van der Waals surface area contributed by atoms with Crippen LogP contribution in [0.25, 0.3) is 10.9 Å². The fourth-order valence-corrected chi connectivity index (χ4v) is 3.16. The van der Waals surface area contributed by atoms with E-state index in [1.54, 1.807) is 0 Å². The Kier molecular flexibility index (Phi) is 3.64. The number of carbonyl (C=O) groups is 1. The number of likely N-dealkylation sites (tertiary alicyclic amines) is 1. The van der Waals surface area contributed by atoms with Gasteiger partial charge in [-0.05, 0) is 32.4 Å². The molecule has 0 radical (unpaired) electrons. The fraction of sp³-hybridized carbons (Fsp3) is 0.412. The summed E-state index contributed by atoms with van der Waals surface area (Å²) in [6, 6.07) is 12.0. The zero-order valence-electron chi connectivity index (χ0n) is 12.5. The van der Waals surface area contributed by atoms with Crippen LogP contribution in [0.3, 0.4) is 0 Å². The first-order valence-electron chi connectivity index (χ1n) is 7.50. The Hall–Kier alpha value is -1.94. The van der Waals surface area contributed by atoms with E-state index < -0.39 is 0 Å². The number of hydrogen-bond acceptors (Lipinski definition) is 3. The minimum Gasteiger partial charge on any atom is -0.330 e. The number of para-hydroxylation sites is 1. The van der Waals surface area contributed by atoms with Crippen molar-refractivity contribution in [3.63, 3.8) is 0 Å². The van der Waals surface area contributed by atoms with Gasteiger partial charge in [0.1, 0.15) is 0 Å². The van der Waals surface area contributed by atoms with Gasteiger partial charge in [-0.1, -0.05) is 24.3 Å². The lowest BCUT2D eigenvalue weighted by Gasteiger charge is -2.41. The predicted molar refractivity (Wildman–Crippen MR) is 83.7 cm³/mol. The second-order valence-electron chi connectivity index (χ2n) is 5.97. The molecule has 0 aliphatic carbocycles. The van der Waals surface area contributed by atoms with Crippen LogP contribution >= 0.6 is 0 Å². The highest BCUT2D eigenvalue weighted by atomic mass is 16.2. The van der Waals surface area contributed by atoms with Crippen LogP contribution in [0.4, 0.5) is 0 Å². The van der Waals surface area contributed by atoms with Crippen molar-refractivity contribution in [1.82, 2.24) is 9.88 Å². The number of benzene rings is 1. The molecular weight excluding hydrogens is 262 g/mol. The quantitative estimate of drug-likeness (QED) is 0.921. The number of rotatable bonds is 2. The molecule has 3 rings (SSSR count). The van der Waals surface area contributed by atoms with Crippen molar-refractivity contribution in [3.05, 3.63) is 42.1 Å². The van der Waals surface area contributed by atoms with E-state index in [0.29, 0.717) is 6.42 Å². The molecule has 1 aliphatic heterocycles. The molecule has 4 heteroatoms. The van der Waals surface area contributed by atoms with Gasteiger partial charge >= 0.3 is 0 Å². The van der Waals surface area contributed by atoms with E-state index in [1.165, 1.54) is 0 Å². The molecule has 21 heavy (non-hydrogen) atoms. The van der Waals surface area contributed by atoms with Crippen LogP contribution in [0.5, 0.6) is 0 Å². The summed E-state index contributed by atoms with van der Waals surface area (Å²) in [5, 5.41) is 1.10. The Morgan fingerprint density at radius 3 is 2.76 bits per heavy atom. The van der Waals surface area contributed by atoms with Crippen molar-refractivity contribution >= 4 is 16.8 Å². The Balaban J connectivity index is 2.06. The zero-order valence-corrected chi connectivity index (χ0v) is 12.5. The standard InChI is InChI=1S/C17H21N3O/c1-11(2)20-16(21)10-8-13(18)17(20)15-9-7-12-5-3-4-6-14(12)19-15/h3-7,9,11,13,17H,8,10,18H2,1-2H3. The molecule has 1 aliphatic rings. The van der Waals surface area contributed by atoms with Gasteiger partial charge in [-0.2, -0.15) is 0 Å². The number of amides is 1. The van der Waals surface area contributed by atoms with Crippen LogP contribution in [0.2, 0.25) is 0 Å². The Labute approximate surface area is 125 Å². The second-order valence-corrected chi connectivity index (χ2v) is 5.97. The van der Waals surface area contributed by atoms with Crippen LogP contribution in [0.1, 0.15) is 38.4 Å². The van der Waals surface area contributed by atoms with E-state index in [-0.39, 0.29) is 24.0 Å². The number of hydrogen-bond donors (Lipinski definition) is 1. The van der Waals surface area contributed by atoms with Crippen LogP contribution in [-0.2, 0) is 4.79 Å². The van der Waals surface area contributed by atoms with Crippen molar-refractivity contribution in [3.8, 4) is 0 Å². The number of fused-ring (bicyclic) bond motifs is 1. The molecule has 2 atom stereocenters. The van der Waals surface area contributed by atoms with Gasteiger partial charge in [0.05, 0.1) is 17.3 Å². The van der Waals surface area contributed by atoms with E-state index >= 15 is 0 Å². The predicted octanol–water partition coefficient (Wildman–Crippen LogP) is 2.63. The van der Waals surface area contributed by atoms with Crippen molar-refractivity contribution in [2.45, 2.75) is 44.8 Å². The molecule has 1 amide bonds. The molecular formula is C17H21N3O. The molecule has 2 unspecified atom stereocenters. The molecule has 2 N–H and O–H groups in total. The van der Waals surface area contributed by atoms with E-state index in [2.05, 4.69) is 6.07 Å². The van der Waals surface area contributed by atoms with Gasteiger partial charge in [-0.3, -0.25) is 9.78 Å². The molecule has 2 heterocycles. The van der Waals surface area contributed by atoms with Gasteiger partial charge in [-0.15, -0.1) is 0 Å². The summed E-state index contributed by atoms with van der Waals surface area (Å²) in [5.41, 5.74) is 8.15. The third kappa shape index (κ3) is 2.51. The van der Waals surface area contributed by atoms with Crippen LogP contribution in [-0.4, -0.2) is 27.9 Å². The SMILES string of the molecule is CC(C)N1C(=O)CCC(N)C1c1ccc2ccccc2n1. The lowest BCUT2D eigenvalue weighted by molar-refractivity contribution is -0.139. The normalized spacial score (nSPS) is 23.0. The number of piperidine rings is 1. The molecule has 1 saturated heterocycles. The Bertz CT molecular complexity index is 668. The highest BCUT2D eigenvalue weighted by Gasteiger charge is 2.37. The summed E-state index contributed by atoms with van der Waals surface area (Å²) in [7, 11) is 0. The van der Waals surface area contributed by atoms with Crippen LogP contribution in [0.15, 0.2) is 36.4 Å². The van der Waals surface area contributed by atoms with E-state index in [0.717, 1.165) is 23.0 Å². The maximum absolute atomic E-state index is 12.3. The summed E-state index contributed by atoms with van der Waals surface area (Å²) in [6.45, 7) is 4.06. The molecule has 1 aromatic carbocycles. The average Bonchev–Trinajstić information content (AvgIpc) is 2.48. The van der Waals surface area contributed by atoms with Crippen molar-refractivity contribution < 1.29 is 4.79 Å². The Morgan fingerprint density at radius 1 is 1.24 bits per heavy atom. The third-order valence-corrected chi connectivity index (χ3v) is 4.16. The highest BCUT2D eigenvalue weighted by molar-refractivity contribution is 5.80. The largest absolute Gasteiger partial charge is 0.330 e. The van der Waals surface area contributed by atoms with Gasteiger partial charge < -0.3 is 10.6 Å². The van der Waals surface area contributed by atoms with Crippen LogP contribution < -0.4 is 5.73 Å². The Morgan fingerprint density at radius 2 is 2.00 bits per heavy atom. The van der Waals surface area contributed by atoms with Gasteiger partial charge in [0.15, 0.2) is 0 Å². The van der Waals surface area contributed by atoms with Crippen molar-refractivity contribution in [1.29, 1.82) is 0 Å². The smallest absolute Gasteiger partial charge is 0.223 e. The number of pyridine rings is 1. The molecule has 110 valence electrons. The number of carbonyl (C=O) groups excluding carboxylic acids is 1. The van der Waals surface area contributed by atoms with E-state index in [1.807, 2.05) is 49.1 Å². The van der Waals surface area contributed by atoms with Gasteiger partial charge in [-0.25, -0.2) is 0 Å². The second kappa shape index (κ2) is 5.45. The van der Waals surface area contributed by atoms with Crippen LogP contribution in [0, 0.1) is 0 Å². The number of aromatic nitrogens is 1. The summed E-state index contributed by atoms with van der Waals surface area (Å²) < 4.78 is 0.